The first-order chi connectivity index (χ1) is 4.06. The largest absolute Gasteiger partial charge is 0.0917 e. The predicted octanol–water partition coefficient (Wildman–Crippen LogP) is 3.39. The molecule has 0 unspecified atom stereocenters. The fraction of sp³-hybridized carbons (Fsp3) is 0.778. The first-order valence-corrected chi connectivity index (χ1v) is 3.67. The van der Waals surface area contributed by atoms with E-state index < -0.39 is 0 Å². The van der Waals surface area contributed by atoms with Crippen molar-refractivity contribution < 1.29 is 0 Å². The van der Waals surface area contributed by atoms with Crippen LogP contribution in [-0.4, -0.2) is 0 Å². The summed E-state index contributed by atoms with van der Waals surface area (Å²) < 4.78 is 0. The SMILES string of the molecule is CC=CCCC(C)(C)C. The molecule has 0 atom stereocenters. The van der Waals surface area contributed by atoms with Crippen molar-refractivity contribution in [1.82, 2.24) is 0 Å². The van der Waals surface area contributed by atoms with E-state index in [0.29, 0.717) is 5.41 Å². The molecule has 0 aliphatic carbocycles. The van der Waals surface area contributed by atoms with Crippen molar-refractivity contribution in [2.75, 3.05) is 0 Å². The lowest BCUT2D eigenvalue weighted by atomic mass is 9.91. The van der Waals surface area contributed by atoms with E-state index in [1.165, 1.54) is 12.8 Å². The second kappa shape index (κ2) is 3.71. The Kier molecular flexibility index (Phi) is 3.60. The second-order valence-electron chi connectivity index (χ2n) is 3.67. The summed E-state index contributed by atoms with van der Waals surface area (Å²) in [4.78, 5) is 0. The average molecular weight is 126 g/mol. The van der Waals surface area contributed by atoms with Gasteiger partial charge in [0, 0.05) is 0 Å². The van der Waals surface area contributed by atoms with E-state index in [1.54, 1.807) is 0 Å². The molecule has 0 amide bonds. The molecule has 0 aliphatic rings. The van der Waals surface area contributed by atoms with Gasteiger partial charge in [0.05, 0.1) is 0 Å². The molecule has 0 radical (unpaired) electrons. The number of hydrogen-bond donors (Lipinski definition) is 0. The molecule has 0 aromatic heterocycles. The lowest BCUT2D eigenvalue weighted by Crippen LogP contribution is -2.02. The van der Waals surface area contributed by atoms with Crippen LogP contribution in [0.3, 0.4) is 0 Å². The van der Waals surface area contributed by atoms with E-state index in [2.05, 4.69) is 39.8 Å². The Bertz CT molecular complexity index is 82.7. The summed E-state index contributed by atoms with van der Waals surface area (Å²) in [6.07, 6.45) is 6.86. The van der Waals surface area contributed by atoms with E-state index in [1.807, 2.05) is 0 Å². The predicted molar refractivity (Wildman–Crippen MR) is 43.5 cm³/mol. The second-order valence-corrected chi connectivity index (χ2v) is 3.67. The maximum Gasteiger partial charge on any atom is -0.0346 e. The van der Waals surface area contributed by atoms with Gasteiger partial charge in [0.25, 0.3) is 0 Å². The van der Waals surface area contributed by atoms with Crippen LogP contribution in [0.5, 0.6) is 0 Å². The third-order valence-electron chi connectivity index (χ3n) is 1.30. The minimum Gasteiger partial charge on any atom is -0.0917 e. The van der Waals surface area contributed by atoms with Crippen LogP contribution in [0.4, 0.5) is 0 Å². The molecule has 0 spiro atoms. The number of rotatable bonds is 2. The Morgan fingerprint density at radius 2 is 1.78 bits per heavy atom. The van der Waals surface area contributed by atoms with E-state index in [-0.39, 0.29) is 0 Å². The van der Waals surface area contributed by atoms with Crippen molar-refractivity contribution in [3.63, 3.8) is 0 Å². The molecule has 0 aromatic carbocycles. The van der Waals surface area contributed by atoms with Crippen LogP contribution in [0.2, 0.25) is 0 Å². The normalized spacial score (nSPS) is 12.9. The van der Waals surface area contributed by atoms with Crippen LogP contribution < -0.4 is 0 Å². The third-order valence-corrected chi connectivity index (χ3v) is 1.30. The quantitative estimate of drug-likeness (QED) is 0.497. The molecule has 0 aliphatic heterocycles. The summed E-state index contributed by atoms with van der Waals surface area (Å²) in [5, 5.41) is 0. The van der Waals surface area contributed by atoms with E-state index in [0.717, 1.165) is 0 Å². The summed E-state index contributed by atoms with van der Waals surface area (Å²) in [5.41, 5.74) is 0.500. The zero-order valence-electron chi connectivity index (χ0n) is 7.07. The molecule has 0 rings (SSSR count). The van der Waals surface area contributed by atoms with Crippen molar-refractivity contribution in [3.8, 4) is 0 Å². The summed E-state index contributed by atoms with van der Waals surface area (Å²) in [7, 11) is 0. The van der Waals surface area contributed by atoms with Gasteiger partial charge in [-0.2, -0.15) is 0 Å². The Hall–Kier alpha value is -0.260. The third kappa shape index (κ3) is 7.74. The van der Waals surface area contributed by atoms with Crippen molar-refractivity contribution >= 4 is 0 Å². The van der Waals surface area contributed by atoms with Crippen LogP contribution in [0, 0.1) is 5.41 Å². The van der Waals surface area contributed by atoms with Crippen LogP contribution >= 0.6 is 0 Å². The van der Waals surface area contributed by atoms with Crippen molar-refractivity contribution in [1.29, 1.82) is 0 Å². The highest BCUT2D eigenvalue weighted by molar-refractivity contribution is 4.78. The summed E-state index contributed by atoms with van der Waals surface area (Å²) in [6.45, 7) is 8.90. The Balaban J connectivity index is 3.28. The Morgan fingerprint density at radius 1 is 1.22 bits per heavy atom. The zero-order valence-corrected chi connectivity index (χ0v) is 7.07. The molecule has 0 nitrogen and oxygen atoms in total. The molecule has 0 heteroatoms. The van der Waals surface area contributed by atoms with Crippen LogP contribution in [0.1, 0.15) is 40.5 Å². The summed E-state index contributed by atoms with van der Waals surface area (Å²) in [5.74, 6) is 0. The zero-order chi connectivity index (χ0) is 7.33. The van der Waals surface area contributed by atoms with E-state index >= 15 is 0 Å². The van der Waals surface area contributed by atoms with Crippen LogP contribution in [-0.2, 0) is 0 Å². The molecule has 0 saturated carbocycles. The van der Waals surface area contributed by atoms with Gasteiger partial charge in [-0.05, 0) is 25.2 Å². The Labute approximate surface area is 59.0 Å². The summed E-state index contributed by atoms with van der Waals surface area (Å²) in [6, 6.07) is 0. The average Bonchev–Trinajstić information content (AvgIpc) is 1.63. The first-order valence-electron chi connectivity index (χ1n) is 3.67. The molecule has 0 bridgehead atoms. The van der Waals surface area contributed by atoms with Gasteiger partial charge in [0.2, 0.25) is 0 Å². The molecule has 0 saturated heterocycles. The highest BCUT2D eigenvalue weighted by atomic mass is 14.1. The van der Waals surface area contributed by atoms with E-state index in [9.17, 15) is 0 Å². The smallest absolute Gasteiger partial charge is 0.0346 e. The maximum absolute atomic E-state index is 2.27. The molecule has 0 heterocycles. The maximum atomic E-state index is 2.27. The monoisotopic (exact) mass is 126 g/mol. The van der Waals surface area contributed by atoms with Gasteiger partial charge in [-0.15, -0.1) is 0 Å². The minimum absolute atomic E-state index is 0.500. The fourth-order valence-corrected chi connectivity index (χ4v) is 0.683. The van der Waals surface area contributed by atoms with Gasteiger partial charge in [0.1, 0.15) is 0 Å². The standard InChI is InChI=1S/C9H18/c1-5-6-7-8-9(2,3)4/h5-6H,7-8H2,1-4H3. The molecule has 0 N–H and O–H groups in total. The summed E-state index contributed by atoms with van der Waals surface area (Å²) >= 11 is 0. The van der Waals surface area contributed by atoms with Gasteiger partial charge in [0.15, 0.2) is 0 Å². The van der Waals surface area contributed by atoms with Crippen molar-refractivity contribution in [3.05, 3.63) is 12.2 Å². The van der Waals surface area contributed by atoms with Gasteiger partial charge in [-0.3, -0.25) is 0 Å². The molecule has 9 heavy (non-hydrogen) atoms. The molecular formula is C9H18. The topological polar surface area (TPSA) is 0 Å². The molecular weight excluding hydrogens is 108 g/mol. The molecule has 54 valence electrons. The minimum atomic E-state index is 0.500. The number of allylic oxidation sites excluding steroid dienone is 2. The van der Waals surface area contributed by atoms with Gasteiger partial charge >= 0.3 is 0 Å². The van der Waals surface area contributed by atoms with Gasteiger partial charge in [-0.25, -0.2) is 0 Å². The van der Waals surface area contributed by atoms with E-state index in [4.69, 9.17) is 0 Å². The molecule has 0 fully saturated rings. The van der Waals surface area contributed by atoms with Crippen molar-refractivity contribution in [2.24, 2.45) is 5.41 Å². The van der Waals surface area contributed by atoms with Crippen LogP contribution in [0.15, 0.2) is 12.2 Å². The highest BCUT2D eigenvalue weighted by Gasteiger charge is 2.06. The lowest BCUT2D eigenvalue weighted by Gasteiger charge is -2.15. The van der Waals surface area contributed by atoms with Crippen LogP contribution in [0.25, 0.3) is 0 Å². The van der Waals surface area contributed by atoms with Crippen molar-refractivity contribution in [2.45, 2.75) is 40.5 Å². The van der Waals surface area contributed by atoms with Gasteiger partial charge < -0.3 is 0 Å². The highest BCUT2D eigenvalue weighted by Crippen LogP contribution is 2.20. The van der Waals surface area contributed by atoms with Gasteiger partial charge in [-0.1, -0.05) is 32.9 Å². The fourth-order valence-electron chi connectivity index (χ4n) is 0.683. The number of hydrogen-bond acceptors (Lipinski definition) is 0. The Morgan fingerprint density at radius 3 is 2.11 bits per heavy atom. The lowest BCUT2D eigenvalue weighted by molar-refractivity contribution is 0.381. The molecule has 0 aromatic rings. The first kappa shape index (κ1) is 8.74.